The van der Waals surface area contributed by atoms with Crippen LogP contribution in [0.3, 0.4) is 0 Å². The zero-order valence-corrected chi connectivity index (χ0v) is 18.4. The third-order valence-corrected chi connectivity index (χ3v) is 6.24. The number of benzene rings is 2. The van der Waals surface area contributed by atoms with Crippen molar-refractivity contribution in [3.05, 3.63) is 69.4 Å². The van der Waals surface area contributed by atoms with E-state index >= 15 is 0 Å². The summed E-state index contributed by atoms with van der Waals surface area (Å²) in [5.41, 5.74) is 4.82. The summed E-state index contributed by atoms with van der Waals surface area (Å²) < 4.78 is 11.4. The molecular formula is C24H27ClN2O3. The van der Waals surface area contributed by atoms with Crippen molar-refractivity contribution < 1.29 is 13.9 Å². The lowest BCUT2D eigenvalue weighted by molar-refractivity contribution is 0.0161. The van der Waals surface area contributed by atoms with E-state index in [1.165, 1.54) is 11.1 Å². The molecular weight excluding hydrogens is 400 g/mol. The maximum Gasteiger partial charge on any atom is 0.287 e. The molecule has 1 amide bonds. The van der Waals surface area contributed by atoms with Gasteiger partial charge in [0, 0.05) is 35.6 Å². The minimum Gasteiger partial charge on any atom is -0.451 e. The molecule has 1 saturated heterocycles. The molecule has 3 aromatic rings. The highest BCUT2D eigenvalue weighted by Crippen LogP contribution is 2.30. The number of halogens is 1. The first-order valence-electron chi connectivity index (χ1n) is 10.3. The summed E-state index contributed by atoms with van der Waals surface area (Å²) in [5.74, 6) is 0.138. The van der Waals surface area contributed by atoms with E-state index in [0.717, 1.165) is 29.6 Å². The molecule has 0 aliphatic carbocycles. The molecule has 1 aromatic heterocycles. The zero-order chi connectivity index (χ0) is 21.3. The van der Waals surface area contributed by atoms with Gasteiger partial charge in [-0.05, 0) is 44.0 Å². The molecule has 0 saturated carbocycles. The number of hydrogen-bond donors (Lipinski definition) is 1. The number of carbonyl (C=O) groups excluding carboxylic acids is 1. The minimum atomic E-state index is -0.206. The second kappa shape index (κ2) is 8.80. The Balaban J connectivity index is 1.55. The number of nitrogens with one attached hydrogen (secondary N) is 1. The first-order valence-corrected chi connectivity index (χ1v) is 10.7. The maximum absolute atomic E-state index is 13.0. The summed E-state index contributed by atoms with van der Waals surface area (Å²) in [7, 11) is 0. The molecule has 0 spiro atoms. The van der Waals surface area contributed by atoms with E-state index in [-0.39, 0.29) is 11.9 Å². The molecule has 1 aliphatic rings. The van der Waals surface area contributed by atoms with Gasteiger partial charge in [-0.2, -0.15) is 0 Å². The number of nitrogens with zero attached hydrogens (tertiary/aromatic N) is 1. The van der Waals surface area contributed by atoms with Gasteiger partial charge in [-0.15, -0.1) is 0 Å². The highest BCUT2D eigenvalue weighted by molar-refractivity contribution is 6.32. The summed E-state index contributed by atoms with van der Waals surface area (Å²) in [6, 6.07) is 12.3. The number of ether oxygens (including phenoxy) is 1. The van der Waals surface area contributed by atoms with Crippen molar-refractivity contribution in [1.29, 1.82) is 0 Å². The zero-order valence-electron chi connectivity index (χ0n) is 17.6. The third-order valence-electron chi connectivity index (χ3n) is 5.83. The van der Waals surface area contributed by atoms with Gasteiger partial charge in [0.2, 0.25) is 0 Å². The van der Waals surface area contributed by atoms with Crippen molar-refractivity contribution in [2.75, 3.05) is 32.8 Å². The molecule has 1 N–H and O–H groups in total. The van der Waals surface area contributed by atoms with Crippen LogP contribution in [-0.4, -0.2) is 43.7 Å². The summed E-state index contributed by atoms with van der Waals surface area (Å²) >= 11 is 6.26. The highest BCUT2D eigenvalue weighted by Gasteiger charge is 2.25. The Kier molecular flexibility index (Phi) is 6.14. The largest absolute Gasteiger partial charge is 0.451 e. The van der Waals surface area contributed by atoms with E-state index in [1.807, 2.05) is 26.0 Å². The molecule has 2 aromatic carbocycles. The smallest absolute Gasteiger partial charge is 0.287 e. The molecule has 1 atom stereocenters. The Morgan fingerprint density at radius 1 is 1.13 bits per heavy atom. The third kappa shape index (κ3) is 4.24. The fraction of sp³-hybridized carbons (Fsp3) is 0.375. The number of fused-ring (bicyclic) bond motifs is 1. The van der Waals surface area contributed by atoms with Crippen LogP contribution in [0.15, 0.2) is 40.8 Å². The number of hydrogen-bond acceptors (Lipinski definition) is 4. The first kappa shape index (κ1) is 20.9. The summed E-state index contributed by atoms with van der Waals surface area (Å²) in [6.45, 7) is 9.50. The van der Waals surface area contributed by atoms with Crippen molar-refractivity contribution in [2.45, 2.75) is 26.8 Å². The molecule has 0 unspecified atom stereocenters. The summed E-state index contributed by atoms with van der Waals surface area (Å²) in [5, 5.41) is 4.64. The van der Waals surface area contributed by atoms with Crippen LogP contribution in [0.25, 0.3) is 11.0 Å². The van der Waals surface area contributed by atoms with Crippen LogP contribution in [0.4, 0.5) is 0 Å². The van der Waals surface area contributed by atoms with E-state index in [2.05, 4.69) is 41.4 Å². The maximum atomic E-state index is 13.0. The van der Waals surface area contributed by atoms with Crippen LogP contribution in [-0.2, 0) is 4.74 Å². The summed E-state index contributed by atoms with van der Waals surface area (Å²) in [4.78, 5) is 15.4. The molecule has 30 heavy (non-hydrogen) atoms. The molecule has 6 heteroatoms. The van der Waals surface area contributed by atoms with Gasteiger partial charge < -0.3 is 14.5 Å². The number of rotatable bonds is 5. The lowest BCUT2D eigenvalue weighted by Crippen LogP contribution is -2.43. The van der Waals surface area contributed by atoms with Gasteiger partial charge in [-0.3, -0.25) is 9.69 Å². The standard InChI is InChI=1S/C24H27ClN2O3/c1-15-4-6-18(7-5-15)21(27-8-10-29-11-9-27)14-26-24(28)23-17(3)19-13-20(25)16(2)12-22(19)30-23/h4-7,12-13,21H,8-11,14H2,1-3H3,(H,26,28)/t21-/m1/s1. The first-order chi connectivity index (χ1) is 14.4. The van der Waals surface area contributed by atoms with Gasteiger partial charge in [-0.1, -0.05) is 41.4 Å². The van der Waals surface area contributed by atoms with Crippen molar-refractivity contribution in [2.24, 2.45) is 0 Å². The normalized spacial score (nSPS) is 16.0. The molecule has 158 valence electrons. The van der Waals surface area contributed by atoms with Crippen molar-refractivity contribution in [3.63, 3.8) is 0 Å². The van der Waals surface area contributed by atoms with Crippen molar-refractivity contribution >= 4 is 28.5 Å². The van der Waals surface area contributed by atoms with E-state index in [0.29, 0.717) is 36.1 Å². The van der Waals surface area contributed by atoms with Crippen molar-refractivity contribution in [3.8, 4) is 0 Å². The molecule has 2 heterocycles. The van der Waals surface area contributed by atoms with E-state index in [4.69, 9.17) is 20.8 Å². The minimum absolute atomic E-state index is 0.0832. The molecule has 5 nitrogen and oxygen atoms in total. The quantitative estimate of drug-likeness (QED) is 0.635. The molecule has 1 fully saturated rings. The van der Waals surface area contributed by atoms with Gasteiger partial charge in [0.05, 0.1) is 19.3 Å². The predicted octanol–water partition coefficient (Wildman–Crippen LogP) is 4.81. The number of aryl methyl sites for hydroxylation is 3. The van der Waals surface area contributed by atoms with Crippen LogP contribution in [0, 0.1) is 20.8 Å². The van der Waals surface area contributed by atoms with Gasteiger partial charge in [0.25, 0.3) is 5.91 Å². The Hall–Kier alpha value is -2.34. The van der Waals surface area contributed by atoms with Crippen LogP contribution in [0.2, 0.25) is 5.02 Å². The fourth-order valence-electron chi connectivity index (χ4n) is 3.96. The van der Waals surface area contributed by atoms with Crippen molar-refractivity contribution in [1.82, 2.24) is 10.2 Å². The Morgan fingerprint density at radius 2 is 1.83 bits per heavy atom. The lowest BCUT2D eigenvalue weighted by Gasteiger charge is -2.35. The Morgan fingerprint density at radius 3 is 2.53 bits per heavy atom. The lowest BCUT2D eigenvalue weighted by atomic mass is 10.0. The van der Waals surface area contributed by atoms with Crippen LogP contribution >= 0.6 is 11.6 Å². The van der Waals surface area contributed by atoms with Gasteiger partial charge >= 0.3 is 0 Å². The number of furan rings is 1. The second-order valence-electron chi connectivity index (χ2n) is 7.94. The van der Waals surface area contributed by atoms with Crippen LogP contribution in [0.1, 0.15) is 38.9 Å². The predicted molar refractivity (Wildman–Crippen MR) is 119 cm³/mol. The number of morpholine rings is 1. The SMILES string of the molecule is Cc1ccc([C@@H](CNC(=O)c2oc3cc(C)c(Cl)cc3c2C)N2CCOCC2)cc1. The number of carbonyl (C=O) groups is 1. The molecule has 1 aliphatic heterocycles. The van der Waals surface area contributed by atoms with Gasteiger partial charge in [0.15, 0.2) is 5.76 Å². The molecule has 0 bridgehead atoms. The summed E-state index contributed by atoms with van der Waals surface area (Å²) in [6.07, 6.45) is 0. The van der Waals surface area contributed by atoms with Crippen LogP contribution < -0.4 is 5.32 Å². The topological polar surface area (TPSA) is 54.7 Å². The van der Waals surface area contributed by atoms with E-state index < -0.39 is 0 Å². The average Bonchev–Trinajstić information content (AvgIpc) is 3.06. The highest BCUT2D eigenvalue weighted by atomic mass is 35.5. The average molecular weight is 427 g/mol. The van der Waals surface area contributed by atoms with Gasteiger partial charge in [-0.25, -0.2) is 0 Å². The fourth-order valence-corrected chi connectivity index (χ4v) is 4.13. The van der Waals surface area contributed by atoms with E-state index in [9.17, 15) is 4.79 Å². The Labute approximate surface area is 181 Å². The molecule has 4 rings (SSSR count). The monoisotopic (exact) mass is 426 g/mol. The number of amides is 1. The molecule has 0 radical (unpaired) electrons. The van der Waals surface area contributed by atoms with E-state index in [1.54, 1.807) is 0 Å². The Bertz CT molecular complexity index is 1050. The van der Waals surface area contributed by atoms with Crippen LogP contribution in [0.5, 0.6) is 0 Å². The van der Waals surface area contributed by atoms with Gasteiger partial charge in [0.1, 0.15) is 5.58 Å². The second-order valence-corrected chi connectivity index (χ2v) is 8.35.